The summed E-state index contributed by atoms with van der Waals surface area (Å²) in [6.07, 6.45) is 2.11. The number of aromatic nitrogens is 1. The van der Waals surface area contributed by atoms with E-state index in [0.29, 0.717) is 30.7 Å². The summed E-state index contributed by atoms with van der Waals surface area (Å²) in [5.74, 6) is 0.374. The number of carboxylic acid groups (broad SMARTS) is 1. The third-order valence-corrected chi connectivity index (χ3v) is 8.84. The quantitative estimate of drug-likeness (QED) is 0.332. The Bertz CT molecular complexity index is 1120. The lowest BCUT2D eigenvalue weighted by Gasteiger charge is -2.36. The second-order valence-electron chi connectivity index (χ2n) is 8.84. The zero-order valence-corrected chi connectivity index (χ0v) is 21.2. The van der Waals surface area contributed by atoms with Gasteiger partial charge in [0.05, 0.1) is 22.8 Å². The maximum atomic E-state index is 15.4. The van der Waals surface area contributed by atoms with E-state index in [1.807, 2.05) is 30.0 Å². The van der Waals surface area contributed by atoms with Gasteiger partial charge in [-0.15, -0.1) is 23.1 Å². The molecule has 34 heavy (non-hydrogen) atoms. The fourth-order valence-electron chi connectivity index (χ4n) is 4.72. The fraction of sp³-hybridized carbons (Fsp3) is 0.462. The van der Waals surface area contributed by atoms with E-state index in [4.69, 9.17) is 4.74 Å². The van der Waals surface area contributed by atoms with Crippen molar-refractivity contribution in [2.75, 3.05) is 32.5 Å². The van der Waals surface area contributed by atoms with Crippen LogP contribution in [-0.2, 0) is 4.79 Å². The van der Waals surface area contributed by atoms with Crippen molar-refractivity contribution in [1.82, 2.24) is 9.88 Å². The molecule has 1 aliphatic rings. The normalized spacial score (nSPS) is 19.9. The largest absolute Gasteiger partial charge is 0.497 e. The zero-order chi connectivity index (χ0) is 24.1. The van der Waals surface area contributed by atoms with Gasteiger partial charge in [-0.05, 0) is 80.6 Å². The molecule has 3 aromatic rings. The molecule has 3 heterocycles. The number of alkyl halides is 1. The Labute approximate surface area is 208 Å². The minimum absolute atomic E-state index is 0.0118. The number of fused-ring (bicyclic) bond motifs is 1. The summed E-state index contributed by atoms with van der Waals surface area (Å²) in [6.45, 7) is 4.38. The van der Waals surface area contributed by atoms with Crippen LogP contribution >= 0.6 is 23.1 Å². The number of halogens is 1. The van der Waals surface area contributed by atoms with Crippen LogP contribution < -0.4 is 4.74 Å². The number of ether oxygens (including phenoxy) is 1. The number of nitrogens with zero attached hydrogens (tertiary/aromatic N) is 2. The van der Waals surface area contributed by atoms with Gasteiger partial charge in [0.2, 0.25) is 0 Å². The Morgan fingerprint density at radius 1 is 1.35 bits per heavy atom. The zero-order valence-electron chi connectivity index (χ0n) is 19.6. The number of piperidine rings is 1. The summed E-state index contributed by atoms with van der Waals surface area (Å²) in [6, 6.07) is 11.5. The molecule has 1 N–H and O–H groups in total. The van der Waals surface area contributed by atoms with Crippen LogP contribution in [0.4, 0.5) is 4.39 Å². The molecule has 1 aliphatic heterocycles. The van der Waals surface area contributed by atoms with Crippen LogP contribution in [0.25, 0.3) is 10.9 Å². The van der Waals surface area contributed by atoms with Crippen molar-refractivity contribution >= 4 is 40.0 Å². The molecule has 0 radical (unpaired) electrons. The molecule has 1 aromatic carbocycles. The lowest BCUT2D eigenvalue weighted by Crippen LogP contribution is -2.44. The van der Waals surface area contributed by atoms with Crippen molar-refractivity contribution in [3.05, 3.63) is 53.0 Å². The van der Waals surface area contributed by atoms with Crippen molar-refractivity contribution in [2.45, 2.75) is 36.6 Å². The van der Waals surface area contributed by atoms with Gasteiger partial charge >= 0.3 is 5.97 Å². The van der Waals surface area contributed by atoms with Crippen LogP contribution in [0.3, 0.4) is 0 Å². The van der Waals surface area contributed by atoms with E-state index in [2.05, 4.69) is 28.9 Å². The third kappa shape index (κ3) is 6.09. The molecule has 1 fully saturated rings. The van der Waals surface area contributed by atoms with Crippen molar-refractivity contribution in [1.29, 1.82) is 0 Å². The minimum atomic E-state index is -1.17. The number of likely N-dealkylation sites (tertiary alicyclic amines) is 1. The highest BCUT2D eigenvalue weighted by Crippen LogP contribution is 2.35. The van der Waals surface area contributed by atoms with E-state index >= 15 is 4.39 Å². The Kier molecular flexibility index (Phi) is 8.45. The highest BCUT2D eigenvalue weighted by molar-refractivity contribution is 8.01. The van der Waals surface area contributed by atoms with E-state index in [9.17, 15) is 9.90 Å². The number of thiophene rings is 1. The van der Waals surface area contributed by atoms with E-state index in [0.717, 1.165) is 36.2 Å². The van der Waals surface area contributed by atoms with Gasteiger partial charge in [-0.1, -0.05) is 0 Å². The molecule has 182 valence electrons. The van der Waals surface area contributed by atoms with Crippen LogP contribution in [-0.4, -0.2) is 53.5 Å². The predicted octanol–water partition coefficient (Wildman–Crippen LogP) is 6.22. The number of aryl methyl sites for hydroxylation is 1. The molecule has 8 heteroatoms. The maximum Gasteiger partial charge on any atom is 0.308 e. The molecule has 0 aliphatic carbocycles. The number of aliphatic carboxylic acids is 1. The first-order valence-corrected chi connectivity index (χ1v) is 13.5. The Morgan fingerprint density at radius 3 is 2.94 bits per heavy atom. The summed E-state index contributed by atoms with van der Waals surface area (Å²) in [5, 5.41) is 10.6. The SMILES string of the molecule is COc1ccc2nccc(C(F)CC[C@@H]3CCN(CCSc4ccc(C)s4)C[C@@H]3C(=O)O)c2c1. The Morgan fingerprint density at radius 2 is 2.21 bits per heavy atom. The first-order chi connectivity index (χ1) is 16.4. The molecule has 3 atom stereocenters. The number of carboxylic acids is 1. The first-order valence-electron chi connectivity index (χ1n) is 11.7. The van der Waals surface area contributed by atoms with E-state index in [1.54, 1.807) is 30.7 Å². The summed E-state index contributed by atoms with van der Waals surface area (Å²) in [4.78, 5) is 19.9. The molecule has 0 amide bonds. The van der Waals surface area contributed by atoms with Crippen LogP contribution in [0.15, 0.2) is 46.8 Å². The van der Waals surface area contributed by atoms with Gasteiger partial charge in [0, 0.05) is 35.3 Å². The smallest absolute Gasteiger partial charge is 0.308 e. The molecule has 5 nitrogen and oxygen atoms in total. The van der Waals surface area contributed by atoms with Crippen LogP contribution in [0.1, 0.15) is 35.9 Å². The van der Waals surface area contributed by atoms with Gasteiger partial charge in [-0.2, -0.15) is 0 Å². The maximum absolute atomic E-state index is 15.4. The van der Waals surface area contributed by atoms with Crippen LogP contribution in [0.2, 0.25) is 0 Å². The van der Waals surface area contributed by atoms with Crippen molar-refractivity contribution in [3.8, 4) is 5.75 Å². The van der Waals surface area contributed by atoms with Crippen LogP contribution in [0.5, 0.6) is 5.75 Å². The van der Waals surface area contributed by atoms with Gasteiger partial charge in [0.1, 0.15) is 11.9 Å². The molecule has 4 rings (SSSR count). The number of methoxy groups -OCH3 is 1. The molecular weight excluding hydrogens is 471 g/mol. The van der Waals surface area contributed by atoms with E-state index in [-0.39, 0.29) is 5.92 Å². The summed E-state index contributed by atoms with van der Waals surface area (Å²) < 4.78 is 22.0. The molecule has 0 spiro atoms. The van der Waals surface area contributed by atoms with Crippen LogP contribution in [0, 0.1) is 18.8 Å². The Balaban J connectivity index is 1.33. The minimum Gasteiger partial charge on any atom is -0.497 e. The van der Waals surface area contributed by atoms with E-state index in [1.165, 1.54) is 9.09 Å². The number of benzene rings is 1. The summed E-state index contributed by atoms with van der Waals surface area (Å²) in [7, 11) is 1.59. The molecular formula is C26H31FN2O3S2. The predicted molar refractivity (Wildman–Crippen MR) is 137 cm³/mol. The monoisotopic (exact) mass is 502 g/mol. The van der Waals surface area contributed by atoms with Gasteiger partial charge in [0.25, 0.3) is 0 Å². The fourth-order valence-corrected chi connectivity index (χ4v) is 6.91. The number of carbonyl (C=O) groups is 1. The standard InChI is InChI=1S/C26H31FN2O3S2/c1-17-3-8-25(34-17)33-14-13-29-12-10-18(22(16-29)26(30)31)4-6-23(27)20-9-11-28-24-7-5-19(32-2)15-21(20)24/h3,5,7-9,11,15,18,22-23H,4,6,10,12-14,16H2,1-2H3,(H,30,31)/t18-,22+,23?/m1/s1. The van der Waals surface area contributed by atoms with Crippen molar-refractivity contribution in [2.24, 2.45) is 11.8 Å². The second-order valence-corrected chi connectivity index (χ2v) is 11.5. The Hall–Kier alpha value is -2.16. The first kappa shape index (κ1) is 24.9. The number of hydrogen-bond donors (Lipinski definition) is 1. The van der Waals surface area contributed by atoms with E-state index < -0.39 is 18.1 Å². The molecule has 1 unspecified atom stereocenters. The second kappa shape index (κ2) is 11.5. The number of pyridine rings is 1. The van der Waals surface area contributed by atoms with Crippen molar-refractivity contribution < 1.29 is 19.0 Å². The molecule has 1 saturated heterocycles. The average molecular weight is 503 g/mol. The third-order valence-electron chi connectivity index (χ3n) is 6.64. The highest BCUT2D eigenvalue weighted by Gasteiger charge is 2.34. The summed E-state index contributed by atoms with van der Waals surface area (Å²) >= 11 is 3.62. The lowest BCUT2D eigenvalue weighted by atomic mass is 9.81. The van der Waals surface area contributed by atoms with Gasteiger partial charge in [-0.25, -0.2) is 4.39 Å². The van der Waals surface area contributed by atoms with Gasteiger partial charge < -0.3 is 14.7 Å². The topological polar surface area (TPSA) is 62.7 Å². The number of rotatable bonds is 10. The van der Waals surface area contributed by atoms with Crippen molar-refractivity contribution in [3.63, 3.8) is 0 Å². The summed E-state index contributed by atoms with van der Waals surface area (Å²) in [5.41, 5.74) is 1.32. The molecule has 0 saturated carbocycles. The number of thioether (sulfide) groups is 1. The molecule has 2 aromatic heterocycles. The van der Waals surface area contributed by atoms with Gasteiger partial charge in [0.15, 0.2) is 0 Å². The molecule has 0 bridgehead atoms. The van der Waals surface area contributed by atoms with Gasteiger partial charge in [-0.3, -0.25) is 9.78 Å². The average Bonchev–Trinajstić information content (AvgIpc) is 3.26. The highest BCUT2D eigenvalue weighted by atomic mass is 32.2. The number of hydrogen-bond acceptors (Lipinski definition) is 6. The lowest BCUT2D eigenvalue weighted by molar-refractivity contribution is -0.146.